The molecule has 0 saturated carbocycles. The number of carboxylic acid groups (broad SMARTS) is 1. The second kappa shape index (κ2) is 13.0. The van der Waals surface area contributed by atoms with Crippen LogP contribution in [0.5, 0.6) is 0 Å². The van der Waals surface area contributed by atoms with Crippen LogP contribution < -0.4 is 0 Å². The van der Waals surface area contributed by atoms with Crippen molar-refractivity contribution in [3.05, 3.63) is 11.6 Å². The maximum Gasteiger partial charge on any atom is 0.330 e. The number of ether oxygens (including phenoxy) is 4. The van der Waals surface area contributed by atoms with E-state index in [1.807, 2.05) is 6.92 Å². The molecule has 12 heteroatoms. The molecule has 192 valence electrons. The molecule has 0 spiro atoms. The summed E-state index contributed by atoms with van der Waals surface area (Å²) in [4.78, 5) is 10.8. The van der Waals surface area contributed by atoms with Gasteiger partial charge in [-0.1, -0.05) is 13.0 Å². The second-order valence-electron chi connectivity index (χ2n) is 8.63. The molecule has 10 atom stereocenters. The molecule has 2 rings (SSSR count). The first-order valence-corrected chi connectivity index (χ1v) is 11.0. The van der Waals surface area contributed by atoms with Crippen molar-refractivity contribution in [3.8, 4) is 0 Å². The Bertz CT molecular complexity index is 643. The molecule has 0 aromatic rings. The van der Waals surface area contributed by atoms with Crippen LogP contribution in [-0.2, 0) is 23.7 Å². The van der Waals surface area contributed by atoms with Crippen molar-refractivity contribution in [1.29, 1.82) is 0 Å². The number of aliphatic hydroxyl groups excluding tert-OH is 6. The highest BCUT2D eigenvalue weighted by Gasteiger charge is 2.45. The molecule has 2 aliphatic rings. The van der Waals surface area contributed by atoms with E-state index in [0.29, 0.717) is 12.8 Å². The number of carbonyl (C=O) groups is 1. The summed E-state index contributed by atoms with van der Waals surface area (Å²) in [5.41, 5.74) is 0.287. The Morgan fingerprint density at radius 1 is 0.970 bits per heavy atom. The van der Waals surface area contributed by atoms with Crippen LogP contribution in [-0.4, -0.2) is 117 Å². The van der Waals surface area contributed by atoms with Crippen molar-refractivity contribution in [3.63, 3.8) is 0 Å². The van der Waals surface area contributed by atoms with E-state index < -0.39 is 61.3 Å². The van der Waals surface area contributed by atoms with Gasteiger partial charge in [-0.2, -0.15) is 0 Å². The third-order valence-corrected chi connectivity index (χ3v) is 5.89. The van der Waals surface area contributed by atoms with E-state index in [1.54, 1.807) is 6.08 Å². The average Bonchev–Trinajstić information content (AvgIpc) is 2.77. The van der Waals surface area contributed by atoms with Gasteiger partial charge in [0.1, 0.15) is 42.7 Å². The van der Waals surface area contributed by atoms with Crippen LogP contribution in [0.4, 0.5) is 0 Å². The van der Waals surface area contributed by atoms with E-state index in [0.717, 1.165) is 6.42 Å². The lowest BCUT2D eigenvalue weighted by molar-refractivity contribution is -0.321. The van der Waals surface area contributed by atoms with Gasteiger partial charge < -0.3 is 54.7 Å². The first kappa shape index (κ1) is 28.1. The molecule has 0 aromatic heterocycles. The van der Waals surface area contributed by atoms with E-state index in [1.165, 1.54) is 6.92 Å². The molecule has 0 bridgehead atoms. The Hall–Kier alpha value is -1.19. The first-order chi connectivity index (χ1) is 15.5. The number of allylic oxidation sites excluding steroid dienone is 1. The van der Waals surface area contributed by atoms with Crippen molar-refractivity contribution in [1.82, 2.24) is 0 Å². The molecule has 12 nitrogen and oxygen atoms in total. The summed E-state index contributed by atoms with van der Waals surface area (Å²) in [7, 11) is 0. The largest absolute Gasteiger partial charge is 0.478 e. The highest BCUT2D eigenvalue weighted by Crippen LogP contribution is 2.25. The zero-order valence-corrected chi connectivity index (χ0v) is 18.8. The Labute approximate surface area is 192 Å². The Kier molecular flexibility index (Phi) is 11.1. The monoisotopic (exact) mass is 480 g/mol. The molecule has 0 amide bonds. The van der Waals surface area contributed by atoms with Gasteiger partial charge in [0.05, 0.1) is 19.8 Å². The van der Waals surface area contributed by atoms with Gasteiger partial charge in [0.2, 0.25) is 0 Å². The number of hydrogen-bond acceptors (Lipinski definition) is 11. The molecule has 2 saturated heterocycles. The van der Waals surface area contributed by atoms with Crippen molar-refractivity contribution in [2.24, 2.45) is 5.92 Å². The molecule has 2 heterocycles. The SMILES string of the molecule is C/C(=C\CC[C@H](C)CCO[C@@H]1O[C@H](CO[C@@H]2OC[C@H](O)[C@H](O)[C@H]2O)[C@@H](O)[C@H](O)[C@H]1O)C(=O)O. The number of aliphatic hydroxyl groups is 6. The quantitative estimate of drug-likeness (QED) is 0.163. The van der Waals surface area contributed by atoms with E-state index in [2.05, 4.69) is 0 Å². The zero-order valence-electron chi connectivity index (χ0n) is 18.8. The smallest absolute Gasteiger partial charge is 0.330 e. The lowest BCUT2D eigenvalue weighted by Crippen LogP contribution is -2.60. The summed E-state index contributed by atoms with van der Waals surface area (Å²) in [6, 6.07) is 0. The van der Waals surface area contributed by atoms with E-state index in [-0.39, 0.29) is 31.3 Å². The molecular weight excluding hydrogens is 444 g/mol. The molecular formula is C21H36O12. The normalized spacial score (nSPS) is 38.8. The third-order valence-electron chi connectivity index (χ3n) is 5.89. The summed E-state index contributed by atoms with van der Waals surface area (Å²) in [5, 5.41) is 68.5. The molecule has 2 fully saturated rings. The van der Waals surface area contributed by atoms with E-state index >= 15 is 0 Å². The highest BCUT2D eigenvalue weighted by molar-refractivity contribution is 5.85. The van der Waals surface area contributed by atoms with Gasteiger partial charge in [-0.25, -0.2) is 4.79 Å². The third kappa shape index (κ3) is 7.92. The summed E-state index contributed by atoms with van der Waals surface area (Å²) in [6.07, 6.45) is -8.84. The van der Waals surface area contributed by atoms with Crippen molar-refractivity contribution in [2.75, 3.05) is 19.8 Å². The van der Waals surface area contributed by atoms with E-state index in [4.69, 9.17) is 24.1 Å². The van der Waals surface area contributed by atoms with Gasteiger partial charge >= 0.3 is 5.97 Å². The molecule has 0 unspecified atom stereocenters. The summed E-state index contributed by atoms with van der Waals surface area (Å²) in [6.45, 7) is 3.09. The Morgan fingerprint density at radius 3 is 2.30 bits per heavy atom. The first-order valence-electron chi connectivity index (χ1n) is 11.0. The lowest BCUT2D eigenvalue weighted by atomic mass is 9.99. The fourth-order valence-corrected chi connectivity index (χ4v) is 3.51. The predicted molar refractivity (Wildman–Crippen MR) is 111 cm³/mol. The average molecular weight is 481 g/mol. The lowest BCUT2D eigenvalue weighted by Gasteiger charge is -2.41. The van der Waals surface area contributed by atoms with Gasteiger partial charge in [0.25, 0.3) is 0 Å². The Balaban J connectivity index is 1.80. The number of hydrogen-bond donors (Lipinski definition) is 7. The van der Waals surface area contributed by atoms with Gasteiger partial charge in [0.15, 0.2) is 12.6 Å². The van der Waals surface area contributed by atoms with Gasteiger partial charge in [0, 0.05) is 5.57 Å². The van der Waals surface area contributed by atoms with Crippen LogP contribution in [0.1, 0.15) is 33.1 Å². The van der Waals surface area contributed by atoms with Crippen LogP contribution in [0, 0.1) is 5.92 Å². The van der Waals surface area contributed by atoms with Crippen LogP contribution in [0.2, 0.25) is 0 Å². The predicted octanol–water partition coefficient (Wildman–Crippen LogP) is -1.90. The maximum absolute atomic E-state index is 10.8. The van der Waals surface area contributed by atoms with Crippen LogP contribution in [0.3, 0.4) is 0 Å². The molecule has 2 aliphatic heterocycles. The van der Waals surface area contributed by atoms with Crippen molar-refractivity contribution < 1.29 is 59.5 Å². The summed E-state index contributed by atoms with van der Waals surface area (Å²) in [5.74, 6) is -0.753. The fourth-order valence-electron chi connectivity index (χ4n) is 3.51. The molecule has 0 aliphatic carbocycles. The topological polar surface area (TPSA) is 196 Å². The molecule has 7 N–H and O–H groups in total. The second-order valence-corrected chi connectivity index (χ2v) is 8.63. The minimum absolute atomic E-state index is 0.190. The van der Waals surface area contributed by atoms with Crippen LogP contribution in [0.15, 0.2) is 11.6 Å². The summed E-state index contributed by atoms with van der Waals surface area (Å²) < 4.78 is 21.6. The zero-order chi connectivity index (χ0) is 24.7. The van der Waals surface area contributed by atoms with E-state index in [9.17, 15) is 35.4 Å². The maximum atomic E-state index is 10.8. The van der Waals surface area contributed by atoms with Gasteiger partial charge in [-0.15, -0.1) is 0 Å². The van der Waals surface area contributed by atoms with Crippen LogP contribution >= 0.6 is 0 Å². The molecule has 0 radical (unpaired) electrons. The summed E-state index contributed by atoms with van der Waals surface area (Å²) >= 11 is 0. The van der Waals surface area contributed by atoms with Gasteiger partial charge in [-0.3, -0.25) is 0 Å². The Morgan fingerprint density at radius 2 is 1.64 bits per heavy atom. The fraction of sp³-hybridized carbons (Fsp3) is 0.857. The standard InChI is InChI=1S/C21H36O12/c1-10(4-3-5-11(2)19(28)29)6-7-30-21-18(27)16(25)15(24)13(33-21)9-32-20-17(26)14(23)12(22)8-31-20/h5,10,12-18,20-27H,3-4,6-9H2,1-2H3,(H,28,29)/b11-5+/t10-,12-,13+,14-,15+,16-,17+,18+,20-,21+/m0/s1. The highest BCUT2D eigenvalue weighted by atomic mass is 16.7. The molecule has 0 aromatic carbocycles. The molecule has 33 heavy (non-hydrogen) atoms. The van der Waals surface area contributed by atoms with Crippen molar-refractivity contribution >= 4 is 5.97 Å². The van der Waals surface area contributed by atoms with Crippen LogP contribution in [0.25, 0.3) is 0 Å². The minimum atomic E-state index is -1.57. The van der Waals surface area contributed by atoms with Gasteiger partial charge in [-0.05, 0) is 32.1 Å². The number of rotatable bonds is 11. The number of carboxylic acids is 1. The minimum Gasteiger partial charge on any atom is -0.478 e. The van der Waals surface area contributed by atoms with Crippen molar-refractivity contribution in [2.45, 2.75) is 88.4 Å². The number of aliphatic carboxylic acids is 1.